The predicted molar refractivity (Wildman–Crippen MR) is 118 cm³/mol. The lowest BCUT2D eigenvalue weighted by atomic mass is 10.1. The van der Waals surface area contributed by atoms with E-state index in [1.807, 2.05) is 48.5 Å². The zero-order valence-electron chi connectivity index (χ0n) is 14.8. The Morgan fingerprint density at radius 2 is 1.37 bits per heavy atom. The molecule has 4 aromatic rings. The van der Waals surface area contributed by atoms with E-state index in [0.29, 0.717) is 18.3 Å². The molecule has 27 heavy (non-hydrogen) atoms. The van der Waals surface area contributed by atoms with Gasteiger partial charge in [0.25, 0.3) is 0 Å². The van der Waals surface area contributed by atoms with E-state index in [0.717, 1.165) is 22.2 Å². The average Bonchev–Trinajstić information content (AvgIpc) is 2.71. The first-order chi connectivity index (χ1) is 13.3. The average molecular weight is 372 g/mol. The van der Waals surface area contributed by atoms with Crippen molar-refractivity contribution in [2.24, 2.45) is 0 Å². The molecule has 0 atom stereocenters. The number of anilines is 1. The van der Waals surface area contributed by atoms with Crippen LogP contribution in [0.5, 0.6) is 5.75 Å². The highest BCUT2D eigenvalue weighted by Crippen LogP contribution is 2.25. The highest BCUT2D eigenvalue weighted by atomic mass is 32.1. The molecule has 4 heteroatoms. The van der Waals surface area contributed by atoms with Gasteiger partial charge < -0.3 is 15.4 Å². The van der Waals surface area contributed by atoms with Crippen LogP contribution in [-0.2, 0) is 0 Å². The summed E-state index contributed by atoms with van der Waals surface area (Å²) in [6, 6.07) is 28.7. The highest BCUT2D eigenvalue weighted by molar-refractivity contribution is 7.80. The van der Waals surface area contributed by atoms with Gasteiger partial charge in [0.1, 0.15) is 12.4 Å². The Balaban J connectivity index is 1.33. The van der Waals surface area contributed by atoms with Crippen LogP contribution in [0.2, 0.25) is 0 Å². The Hall–Kier alpha value is -3.11. The second kappa shape index (κ2) is 8.06. The maximum atomic E-state index is 5.94. The standard InChI is InChI=1S/C23H20N2OS/c27-23(25-21-13-5-9-17-7-1-3-11-19(17)21)24-15-16-26-22-14-6-10-18-8-2-4-12-20(18)22/h1-14H,15-16H2,(H2,24,25,27). The highest BCUT2D eigenvalue weighted by Gasteiger charge is 2.03. The van der Waals surface area contributed by atoms with Crippen molar-refractivity contribution in [3.8, 4) is 5.75 Å². The molecule has 0 heterocycles. The summed E-state index contributed by atoms with van der Waals surface area (Å²) in [6.45, 7) is 1.16. The summed E-state index contributed by atoms with van der Waals surface area (Å²) in [5, 5.41) is 11.7. The molecule has 0 spiro atoms. The first kappa shape index (κ1) is 17.3. The second-order valence-corrected chi connectivity index (χ2v) is 6.64. The normalized spacial score (nSPS) is 10.7. The molecular weight excluding hydrogens is 352 g/mol. The molecule has 0 bridgehead atoms. The van der Waals surface area contributed by atoms with Crippen LogP contribution in [0, 0.1) is 0 Å². The molecular formula is C23H20N2OS. The Morgan fingerprint density at radius 1 is 0.741 bits per heavy atom. The molecule has 134 valence electrons. The molecule has 4 rings (SSSR count). The van der Waals surface area contributed by atoms with Crippen LogP contribution in [0.3, 0.4) is 0 Å². The van der Waals surface area contributed by atoms with E-state index in [1.165, 1.54) is 10.8 Å². The van der Waals surface area contributed by atoms with Crippen LogP contribution < -0.4 is 15.4 Å². The van der Waals surface area contributed by atoms with Gasteiger partial charge in [0.15, 0.2) is 5.11 Å². The number of fused-ring (bicyclic) bond motifs is 2. The molecule has 0 aliphatic carbocycles. The second-order valence-electron chi connectivity index (χ2n) is 6.23. The zero-order chi connectivity index (χ0) is 18.5. The predicted octanol–water partition coefficient (Wildman–Crippen LogP) is 5.36. The smallest absolute Gasteiger partial charge is 0.170 e. The fourth-order valence-electron chi connectivity index (χ4n) is 3.15. The quantitative estimate of drug-likeness (QED) is 0.365. The monoisotopic (exact) mass is 372 g/mol. The van der Waals surface area contributed by atoms with E-state index in [4.69, 9.17) is 17.0 Å². The lowest BCUT2D eigenvalue weighted by Gasteiger charge is -2.13. The van der Waals surface area contributed by atoms with E-state index in [2.05, 4.69) is 47.0 Å². The van der Waals surface area contributed by atoms with E-state index in [9.17, 15) is 0 Å². The summed E-state index contributed by atoms with van der Waals surface area (Å²) in [4.78, 5) is 0. The van der Waals surface area contributed by atoms with Gasteiger partial charge in [-0.1, -0.05) is 72.8 Å². The van der Waals surface area contributed by atoms with Crippen LogP contribution in [-0.4, -0.2) is 18.3 Å². The molecule has 0 saturated carbocycles. The number of hydrogen-bond donors (Lipinski definition) is 2. The summed E-state index contributed by atoms with van der Waals surface area (Å²) < 4.78 is 5.94. The SMILES string of the molecule is S=C(NCCOc1cccc2ccccc12)Nc1cccc2ccccc12. The third-order valence-electron chi connectivity index (χ3n) is 4.43. The van der Waals surface area contributed by atoms with Crippen molar-refractivity contribution in [2.45, 2.75) is 0 Å². The Kier molecular flexibility index (Phi) is 5.17. The van der Waals surface area contributed by atoms with Crippen LogP contribution >= 0.6 is 12.2 Å². The van der Waals surface area contributed by atoms with E-state index >= 15 is 0 Å². The number of ether oxygens (including phenoxy) is 1. The third-order valence-corrected chi connectivity index (χ3v) is 4.68. The van der Waals surface area contributed by atoms with Crippen molar-refractivity contribution in [3.05, 3.63) is 84.9 Å². The van der Waals surface area contributed by atoms with E-state index < -0.39 is 0 Å². The molecule has 0 radical (unpaired) electrons. The van der Waals surface area contributed by atoms with Gasteiger partial charge in [-0.25, -0.2) is 0 Å². The molecule has 0 aromatic heterocycles. The van der Waals surface area contributed by atoms with Crippen molar-refractivity contribution in [3.63, 3.8) is 0 Å². The molecule has 0 aliphatic rings. The van der Waals surface area contributed by atoms with Gasteiger partial charge in [0.2, 0.25) is 0 Å². The van der Waals surface area contributed by atoms with Crippen LogP contribution in [0.25, 0.3) is 21.5 Å². The number of rotatable bonds is 5. The maximum absolute atomic E-state index is 5.94. The van der Waals surface area contributed by atoms with Crippen LogP contribution in [0.4, 0.5) is 5.69 Å². The zero-order valence-corrected chi connectivity index (χ0v) is 15.6. The number of nitrogens with one attached hydrogen (secondary N) is 2. The molecule has 3 nitrogen and oxygen atoms in total. The molecule has 0 aliphatic heterocycles. The topological polar surface area (TPSA) is 33.3 Å². The Labute approximate surface area is 164 Å². The van der Waals surface area contributed by atoms with Gasteiger partial charge in [0, 0.05) is 16.5 Å². The molecule has 4 aromatic carbocycles. The van der Waals surface area contributed by atoms with Gasteiger partial charge >= 0.3 is 0 Å². The fraction of sp³-hybridized carbons (Fsp3) is 0.0870. The van der Waals surface area contributed by atoms with Crippen molar-refractivity contribution >= 4 is 44.6 Å². The lowest BCUT2D eigenvalue weighted by molar-refractivity contribution is 0.326. The first-order valence-corrected chi connectivity index (χ1v) is 9.35. The molecule has 0 unspecified atom stereocenters. The summed E-state index contributed by atoms with van der Waals surface area (Å²) in [5.74, 6) is 0.892. The Morgan fingerprint density at radius 3 is 2.19 bits per heavy atom. The van der Waals surface area contributed by atoms with E-state index in [1.54, 1.807) is 0 Å². The van der Waals surface area contributed by atoms with Gasteiger partial charge in [-0.15, -0.1) is 0 Å². The van der Waals surface area contributed by atoms with Gasteiger partial charge in [-0.05, 0) is 35.1 Å². The number of thiocarbonyl (C=S) groups is 1. The summed E-state index contributed by atoms with van der Waals surface area (Å²) >= 11 is 5.43. The summed E-state index contributed by atoms with van der Waals surface area (Å²) in [5.41, 5.74) is 1.00. The maximum Gasteiger partial charge on any atom is 0.170 e. The summed E-state index contributed by atoms with van der Waals surface area (Å²) in [7, 11) is 0. The summed E-state index contributed by atoms with van der Waals surface area (Å²) in [6.07, 6.45) is 0. The van der Waals surface area contributed by atoms with Crippen molar-refractivity contribution in [1.82, 2.24) is 5.32 Å². The fourth-order valence-corrected chi connectivity index (χ4v) is 3.36. The largest absolute Gasteiger partial charge is 0.491 e. The lowest BCUT2D eigenvalue weighted by Crippen LogP contribution is -2.32. The third kappa shape index (κ3) is 4.01. The van der Waals surface area contributed by atoms with Gasteiger partial charge in [0.05, 0.1) is 6.54 Å². The Bertz CT molecular complexity index is 1080. The minimum Gasteiger partial charge on any atom is -0.491 e. The van der Waals surface area contributed by atoms with Crippen molar-refractivity contribution in [2.75, 3.05) is 18.5 Å². The first-order valence-electron chi connectivity index (χ1n) is 8.94. The number of hydrogen-bond acceptors (Lipinski definition) is 2. The molecule has 0 saturated heterocycles. The van der Waals surface area contributed by atoms with Gasteiger partial charge in [-0.2, -0.15) is 0 Å². The van der Waals surface area contributed by atoms with Crippen molar-refractivity contribution < 1.29 is 4.74 Å². The van der Waals surface area contributed by atoms with Crippen molar-refractivity contribution in [1.29, 1.82) is 0 Å². The molecule has 0 fully saturated rings. The molecule has 0 amide bonds. The minimum atomic E-state index is 0.533. The molecule has 2 N–H and O–H groups in total. The van der Waals surface area contributed by atoms with Crippen LogP contribution in [0.1, 0.15) is 0 Å². The van der Waals surface area contributed by atoms with E-state index in [-0.39, 0.29) is 0 Å². The van der Waals surface area contributed by atoms with Crippen LogP contribution in [0.15, 0.2) is 84.9 Å². The van der Waals surface area contributed by atoms with Gasteiger partial charge in [-0.3, -0.25) is 0 Å². The minimum absolute atomic E-state index is 0.533. The number of benzene rings is 4.